The highest BCUT2D eigenvalue weighted by molar-refractivity contribution is 9.10. The third kappa shape index (κ3) is 3.39. The van der Waals surface area contributed by atoms with Crippen LogP contribution in [0.25, 0.3) is 0 Å². The molecule has 6 heteroatoms. The lowest BCUT2D eigenvalue weighted by Gasteiger charge is -2.13. The van der Waals surface area contributed by atoms with Crippen molar-refractivity contribution in [2.45, 2.75) is 25.7 Å². The first kappa shape index (κ1) is 15.9. The molecule has 0 aliphatic carbocycles. The van der Waals surface area contributed by atoms with Gasteiger partial charge in [-0.25, -0.2) is 8.42 Å². The van der Waals surface area contributed by atoms with Gasteiger partial charge in [0.2, 0.25) is 0 Å². The molecule has 3 N–H and O–H groups in total. The van der Waals surface area contributed by atoms with E-state index in [1.54, 1.807) is 31.2 Å². The minimum Gasteiger partial charge on any atom is -0.398 e. The fourth-order valence-corrected chi connectivity index (χ4v) is 3.71. The van der Waals surface area contributed by atoms with Gasteiger partial charge in [0.25, 0.3) is 10.0 Å². The van der Waals surface area contributed by atoms with Crippen molar-refractivity contribution >= 4 is 37.3 Å². The Kier molecular flexibility index (Phi) is 4.30. The van der Waals surface area contributed by atoms with E-state index in [-0.39, 0.29) is 4.90 Å². The van der Waals surface area contributed by atoms with Crippen molar-refractivity contribution in [1.82, 2.24) is 0 Å². The molecule has 112 valence electrons. The monoisotopic (exact) mass is 368 g/mol. The molecule has 0 unspecified atom stereocenters. The molecular weight excluding hydrogens is 352 g/mol. The van der Waals surface area contributed by atoms with Gasteiger partial charge in [-0.15, -0.1) is 0 Å². The summed E-state index contributed by atoms with van der Waals surface area (Å²) in [6.45, 7) is 5.42. The standard InChI is InChI=1S/C15H17BrN2O2S/c1-9-6-14(17)11(3)15(7-9)21(19,20)18-12-4-5-13(16)10(2)8-12/h4-8,18H,17H2,1-3H3. The van der Waals surface area contributed by atoms with E-state index in [1.165, 1.54) is 0 Å². The van der Waals surface area contributed by atoms with Crippen molar-refractivity contribution in [1.29, 1.82) is 0 Å². The molecule has 0 radical (unpaired) electrons. The van der Waals surface area contributed by atoms with Gasteiger partial charge in [-0.05, 0) is 67.8 Å². The van der Waals surface area contributed by atoms with Crippen molar-refractivity contribution in [2.24, 2.45) is 0 Å². The average molecular weight is 369 g/mol. The smallest absolute Gasteiger partial charge is 0.262 e. The van der Waals surface area contributed by atoms with E-state index < -0.39 is 10.0 Å². The van der Waals surface area contributed by atoms with Crippen LogP contribution >= 0.6 is 15.9 Å². The lowest BCUT2D eigenvalue weighted by Crippen LogP contribution is -2.15. The highest BCUT2D eigenvalue weighted by Gasteiger charge is 2.19. The van der Waals surface area contributed by atoms with Crippen LogP contribution in [0.4, 0.5) is 11.4 Å². The van der Waals surface area contributed by atoms with Gasteiger partial charge in [0, 0.05) is 15.8 Å². The summed E-state index contributed by atoms with van der Waals surface area (Å²) < 4.78 is 28.6. The van der Waals surface area contributed by atoms with E-state index in [0.29, 0.717) is 16.9 Å². The van der Waals surface area contributed by atoms with E-state index in [1.807, 2.05) is 19.9 Å². The molecule has 2 aromatic carbocycles. The van der Waals surface area contributed by atoms with Gasteiger partial charge in [-0.1, -0.05) is 15.9 Å². The Hall–Kier alpha value is -1.53. The van der Waals surface area contributed by atoms with Gasteiger partial charge in [-0.3, -0.25) is 4.72 Å². The predicted octanol–water partition coefficient (Wildman–Crippen LogP) is 3.76. The van der Waals surface area contributed by atoms with Crippen molar-refractivity contribution in [3.63, 3.8) is 0 Å². The van der Waals surface area contributed by atoms with Crippen LogP contribution in [0.15, 0.2) is 39.7 Å². The molecule has 21 heavy (non-hydrogen) atoms. The summed E-state index contributed by atoms with van der Waals surface area (Å²) in [6, 6.07) is 8.68. The van der Waals surface area contributed by atoms with Crippen molar-refractivity contribution in [3.05, 3.63) is 51.5 Å². The molecule has 2 aromatic rings. The van der Waals surface area contributed by atoms with Gasteiger partial charge in [0.15, 0.2) is 0 Å². The number of halogens is 1. The number of nitrogens with one attached hydrogen (secondary N) is 1. The minimum absolute atomic E-state index is 0.209. The fraction of sp³-hybridized carbons (Fsp3) is 0.200. The normalized spacial score (nSPS) is 11.4. The maximum atomic E-state index is 12.5. The van der Waals surface area contributed by atoms with Crippen LogP contribution in [0, 0.1) is 20.8 Å². The lowest BCUT2D eigenvalue weighted by atomic mass is 10.1. The van der Waals surface area contributed by atoms with Crippen LogP contribution in [0.5, 0.6) is 0 Å². The maximum Gasteiger partial charge on any atom is 0.262 e. The zero-order valence-corrected chi connectivity index (χ0v) is 14.5. The first-order valence-electron chi connectivity index (χ1n) is 6.36. The summed E-state index contributed by atoms with van der Waals surface area (Å²) in [7, 11) is -3.66. The second kappa shape index (κ2) is 5.69. The molecule has 0 aromatic heterocycles. The first-order chi connectivity index (χ1) is 9.70. The summed E-state index contributed by atoms with van der Waals surface area (Å²) in [4.78, 5) is 0.209. The van der Waals surface area contributed by atoms with E-state index in [4.69, 9.17) is 5.73 Å². The zero-order valence-electron chi connectivity index (χ0n) is 12.1. The number of anilines is 2. The molecule has 0 saturated carbocycles. The van der Waals surface area contributed by atoms with E-state index in [0.717, 1.165) is 15.6 Å². The minimum atomic E-state index is -3.66. The molecule has 0 bridgehead atoms. The van der Waals surface area contributed by atoms with Crippen molar-refractivity contribution in [3.8, 4) is 0 Å². The number of hydrogen-bond acceptors (Lipinski definition) is 3. The summed E-state index contributed by atoms with van der Waals surface area (Å²) in [5, 5.41) is 0. The first-order valence-corrected chi connectivity index (χ1v) is 8.64. The summed E-state index contributed by atoms with van der Waals surface area (Å²) in [5.74, 6) is 0. The number of rotatable bonds is 3. The number of nitrogens with two attached hydrogens (primary N) is 1. The molecule has 2 rings (SSSR count). The second-order valence-corrected chi connectivity index (χ2v) is 7.55. The molecule has 0 saturated heterocycles. The number of nitrogen functional groups attached to an aromatic ring is 1. The largest absolute Gasteiger partial charge is 0.398 e. The van der Waals surface area contributed by atoms with E-state index in [2.05, 4.69) is 20.7 Å². The van der Waals surface area contributed by atoms with Crippen LogP contribution in [-0.2, 0) is 10.0 Å². The molecular formula is C15H17BrN2O2S. The molecule has 0 atom stereocenters. The summed E-state index contributed by atoms with van der Waals surface area (Å²) in [6.07, 6.45) is 0. The van der Waals surface area contributed by atoms with Crippen molar-refractivity contribution in [2.75, 3.05) is 10.5 Å². The molecule has 0 aliphatic rings. The van der Waals surface area contributed by atoms with E-state index in [9.17, 15) is 8.42 Å². The van der Waals surface area contributed by atoms with Crippen LogP contribution in [0.2, 0.25) is 0 Å². The number of hydrogen-bond donors (Lipinski definition) is 2. The number of aryl methyl sites for hydroxylation is 2. The lowest BCUT2D eigenvalue weighted by molar-refractivity contribution is 0.600. The Morgan fingerprint density at radius 1 is 1.10 bits per heavy atom. The SMILES string of the molecule is Cc1cc(N)c(C)c(S(=O)(=O)Nc2ccc(Br)c(C)c2)c1. The van der Waals surface area contributed by atoms with Gasteiger partial charge in [0.05, 0.1) is 4.90 Å². The maximum absolute atomic E-state index is 12.5. The Labute approximate surface area is 133 Å². The van der Waals surface area contributed by atoms with Gasteiger partial charge in [-0.2, -0.15) is 0 Å². The topological polar surface area (TPSA) is 72.2 Å². The van der Waals surface area contributed by atoms with Crippen LogP contribution < -0.4 is 10.5 Å². The highest BCUT2D eigenvalue weighted by atomic mass is 79.9. The summed E-state index contributed by atoms with van der Waals surface area (Å²) >= 11 is 3.39. The van der Waals surface area contributed by atoms with Gasteiger partial charge in [0.1, 0.15) is 0 Å². The van der Waals surface area contributed by atoms with Crippen LogP contribution in [-0.4, -0.2) is 8.42 Å². The van der Waals surface area contributed by atoms with Crippen LogP contribution in [0.1, 0.15) is 16.7 Å². The Balaban J connectivity index is 2.45. The van der Waals surface area contributed by atoms with E-state index >= 15 is 0 Å². The number of sulfonamides is 1. The Morgan fingerprint density at radius 3 is 2.38 bits per heavy atom. The molecule has 0 heterocycles. The molecule has 0 amide bonds. The predicted molar refractivity (Wildman–Crippen MR) is 90.0 cm³/mol. The Morgan fingerprint density at radius 2 is 1.76 bits per heavy atom. The third-order valence-electron chi connectivity index (χ3n) is 3.24. The van der Waals surface area contributed by atoms with Gasteiger partial charge >= 0.3 is 0 Å². The highest BCUT2D eigenvalue weighted by Crippen LogP contribution is 2.26. The molecule has 0 fully saturated rings. The third-order valence-corrected chi connectivity index (χ3v) is 5.64. The quantitative estimate of drug-likeness (QED) is 0.810. The Bertz CT molecular complexity index is 802. The average Bonchev–Trinajstić information content (AvgIpc) is 2.37. The fourth-order valence-electron chi connectivity index (χ4n) is 2.05. The number of benzene rings is 2. The summed E-state index contributed by atoms with van der Waals surface area (Å²) in [5.41, 5.74) is 9.18. The van der Waals surface area contributed by atoms with Gasteiger partial charge < -0.3 is 5.73 Å². The second-order valence-electron chi connectivity index (χ2n) is 5.05. The zero-order chi connectivity index (χ0) is 15.8. The van der Waals surface area contributed by atoms with Crippen molar-refractivity contribution < 1.29 is 8.42 Å². The molecule has 4 nitrogen and oxygen atoms in total. The molecule has 0 aliphatic heterocycles. The van der Waals surface area contributed by atoms with Crippen LogP contribution in [0.3, 0.4) is 0 Å². The molecule has 0 spiro atoms.